The minimum Gasteiger partial charge on any atom is -0.0812 e. The summed E-state index contributed by atoms with van der Waals surface area (Å²) in [5, 5.41) is 1.60. The van der Waals surface area contributed by atoms with Gasteiger partial charge >= 0.3 is 0 Å². The average Bonchev–Trinajstić information content (AvgIpc) is 2.99. The van der Waals surface area contributed by atoms with Gasteiger partial charge in [0.05, 0.1) is 8.07 Å². The van der Waals surface area contributed by atoms with Crippen LogP contribution in [0.3, 0.4) is 0 Å². The van der Waals surface area contributed by atoms with Crippen LogP contribution in [0.5, 0.6) is 0 Å². The van der Waals surface area contributed by atoms with Crippen LogP contribution in [0.4, 0.5) is 0 Å². The second kappa shape index (κ2) is 6.10. The molecule has 0 amide bonds. The molecule has 0 saturated carbocycles. The van der Waals surface area contributed by atoms with Crippen LogP contribution < -0.4 is 0 Å². The van der Waals surface area contributed by atoms with Gasteiger partial charge in [-0.25, -0.2) is 0 Å². The van der Waals surface area contributed by atoms with Crippen LogP contribution in [0.1, 0.15) is 23.5 Å². The fourth-order valence-electron chi connectivity index (χ4n) is 3.18. The summed E-state index contributed by atoms with van der Waals surface area (Å²) >= 11 is 0. The van der Waals surface area contributed by atoms with Gasteiger partial charge in [0.1, 0.15) is 0 Å². The van der Waals surface area contributed by atoms with Crippen molar-refractivity contribution in [3.05, 3.63) is 94.7 Å². The summed E-state index contributed by atoms with van der Waals surface area (Å²) in [5.74, 6) is 0.382. The molecule has 112 valence electrons. The van der Waals surface area contributed by atoms with Gasteiger partial charge < -0.3 is 0 Å². The summed E-state index contributed by atoms with van der Waals surface area (Å²) in [6.07, 6.45) is 6.03. The zero-order valence-corrected chi connectivity index (χ0v) is 14.7. The summed E-state index contributed by atoms with van der Waals surface area (Å²) in [6, 6.07) is 21.8. The normalized spacial score (nSPS) is 14.9. The molecule has 0 aliphatic heterocycles. The van der Waals surface area contributed by atoms with Crippen molar-refractivity contribution in [2.24, 2.45) is 0 Å². The van der Waals surface area contributed by atoms with Gasteiger partial charge in [0.2, 0.25) is 0 Å². The molecule has 0 spiro atoms. The molecule has 0 unspecified atom stereocenters. The predicted molar refractivity (Wildman–Crippen MR) is 98.9 cm³/mol. The topological polar surface area (TPSA) is 0 Å². The fraction of sp³-hybridized carbons (Fsp3) is 0.238. The number of benzene rings is 2. The molecule has 2 aromatic carbocycles. The maximum Gasteiger partial charge on any atom is 0.0771 e. The highest BCUT2D eigenvalue weighted by molar-refractivity contribution is 6.83. The zero-order chi connectivity index (χ0) is 15.6. The Bertz CT molecular complexity index is 648. The van der Waals surface area contributed by atoms with Gasteiger partial charge in [0.15, 0.2) is 0 Å². The van der Waals surface area contributed by atoms with E-state index in [0.717, 1.165) is 6.42 Å². The van der Waals surface area contributed by atoms with Crippen LogP contribution in [-0.4, -0.2) is 8.07 Å². The van der Waals surface area contributed by atoms with Crippen LogP contribution in [0.15, 0.2) is 83.6 Å². The highest BCUT2D eigenvalue weighted by Gasteiger charge is 2.26. The van der Waals surface area contributed by atoms with Crippen LogP contribution in [0.2, 0.25) is 19.6 Å². The average molecular weight is 305 g/mol. The molecule has 0 fully saturated rings. The minimum atomic E-state index is -1.23. The Hall–Kier alpha value is -1.86. The highest BCUT2D eigenvalue weighted by atomic mass is 28.3. The van der Waals surface area contributed by atoms with Crippen molar-refractivity contribution < 1.29 is 0 Å². The van der Waals surface area contributed by atoms with Gasteiger partial charge in [0.25, 0.3) is 0 Å². The molecule has 2 aromatic rings. The lowest BCUT2D eigenvalue weighted by Gasteiger charge is -2.20. The molecule has 0 aromatic heterocycles. The van der Waals surface area contributed by atoms with Gasteiger partial charge in [-0.05, 0) is 17.5 Å². The van der Waals surface area contributed by atoms with Crippen LogP contribution in [0, 0.1) is 0 Å². The molecule has 0 atom stereocenters. The molecule has 22 heavy (non-hydrogen) atoms. The summed E-state index contributed by atoms with van der Waals surface area (Å²) in [6.45, 7) is 7.29. The first-order valence-corrected chi connectivity index (χ1v) is 11.6. The lowest BCUT2D eigenvalue weighted by atomic mass is 9.84. The Kier molecular flexibility index (Phi) is 4.17. The number of hydrogen-bond donors (Lipinski definition) is 0. The largest absolute Gasteiger partial charge is 0.0812 e. The third kappa shape index (κ3) is 3.15. The van der Waals surface area contributed by atoms with Crippen LogP contribution in [0.25, 0.3) is 0 Å². The summed E-state index contributed by atoms with van der Waals surface area (Å²) < 4.78 is 0. The molecule has 0 radical (unpaired) electrons. The molecule has 0 N–H and O–H groups in total. The number of rotatable bonds is 4. The van der Waals surface area contributed by atoms with E-state index in [2.05, 4.69) is 92.5 Å². The third-order valence-electron chi connectivity index (χ3n) is 4.40. The Labute approximate surface area is 135 Å². The molecular formula is C21H24Si. The van der Waals surface area contributed by atoms with Crippen molar-refractivity contribution in [3.8, 4) is 0 Å². The molecular weight excluding hydrogens is 280 g/mol. The summed E-state index contributed by atoms with van der Waals surface area (Å²) in [7, 11) is -1.23. The quantitative estimate of drug-likeness (QED) is 0.612. The van der Waals surface area contributed by atoms with Crippen molar-refractivity contribution in [1.82, 2.24) is 0 Å². The Morgan fingerprint density at radius 2 is 1.27 bits per heavy atom. The van der Waals surface area contributed by atoms with Crippen LogP contribution in [-0.2, 0) is 0 Å². The minimum absolute atomic E-state index is 0.382. The summed E-state index contributed by atoms with van der Waals surface area (Å²) in [5.41, 5.74) is 4.32. The molecule has 0 nitrogen and oxygen atoms in total. The van der Waals surface area contributed by atoms with Gasteiger partial charge in [-0.2, -0.15) is 0 Å². The number of hydrogen-bond acceptors (Lipinski definition) is 0. The van der Waals surface area contributed by atoms with Crippen molar-refractivity contribution in [2.75, 3.05) is 0 Å². The van der Waals surface area contributed by atoms with Crippen molar-refractivity contribution >= 4 is 8.07 Å². The van der Waals surface area contributed by atoms with Crippen molar-refractivity contribution in [1.29, 1.82) is 0 Å². The Balaban J connectivity index is 2.02. The molecule has 1 aliphatic carbocycles. The van der Waals surface area contributed by atoms with E-state index in [1.165, 1.54) is 16.7 Å². The van der Waals surface area contributed by atoms with Gasteiger partial charge in [-0.15, -0.1) is 0 Å². The van der Waals surface area contributed by atoms with E-state index in [1.807, 2.05) is 0 Å². The first kappa shape index (κ1) is 15.0. The van der Waals surface area contributed by atoms with Gasteiger partial charge in [-0.3, -0.25) is 0 Å². The molecule has 0 bridgehead atoms. The van der Waals surface area contributed by atoms with E-state index >= 15 is 0 Å². The van der Waals surface area contributed by atoms with E-state index in [1.54, 1.807) is 5.20 Å². The molecule has 3 rings (SSSR count). The van der Waals surface area contributed by atoms with Gasteiger partial charge in [0, 0.05) is 5.92 Å². The van der Waals surface area contributed by atoms with E-state index in [0.29, 0.717) is 5.92 Å². The Morgan fingerprint density at radius 1 is 0.773 bits per heavy atom. The molecule has 1 aliphatic rings. The maximum absolute atomic E-state index is 2.48. The highest BCUT2D eigenvalue weighted by Crippen LogP contribution is 2.38. The van der Waals surface area contributed by atoms with Crippen LogP contribution >= 0.6 is 0 Å². The van der Waals surface area contributed by atoms with Crippen molar-refractivity contribution in [3.63, 3.8) is 0 Å². The molecule has 1 heteroatoms. The summed E-state index contributed by atoms with van der Waals surface area (Å²) in [4.78, 5) is 0. The van der Waals surface area contributed by atoms with Gasteiger partial charge in [-0.1, -0.05) is 103 Å². The van der Waals surface area contributed by atoms with E-state index in [9.17, 15) is 0 Å². The maximum atomic E-state index is 2.48. The van der Waals surface area contributed by atoms with E-state index < -0.39 is 8.07 Å². The lowest BCUT2D eigenvalue weighted by Crippen LogP contribution is -2.21. The molecule has 0 heterocycles. The predicted octanol–water partition coefficient (Wildman–Crippen LogP) is 5.95. The first-order valence-electron chi connectivity index (χ1n) is 8.07. The second-order valence-corrected chi connectivity index (χ2v) is 12.2. The van der Waals surface area contributed by atoms with Crippen molar-refractivity contribution in [2.45, 2.75) is 32.0 Å². The standard InChI is InChI=1S/C21H24Si/c1-22(2,3)20-15-14-19(16-20)21(17-10-6-4-7-11-17)18-12-8-5-9-13-18/h4-13,15-16,21H,14H2,1-3H3. The van der Waals surface area contributed by atoms with E-state index in [4.69, 9.17) is 0 Å². The monoisotopic (exact) mass is 304 g/mol. The molecule has 0 saturated heterocycles. The fourth-order valence-corrected chi connectivity index (χ4v) is 4.51. The first-order chi connectivity index (χ1) is 10.6. The SMILES string of the molecule is C[Si](C)(C)C1=CCC(C(c2ccccc2)c2ccccc2)=C1. The third-order valence-corrected chi connectivity index (χ3v) is 6.48. The smallest absolute Gasteiger partial charge is 0.0771 e. The lowest BCUT2D eigenvalue weighted by molar-refractivity contribution is 0.919. The Morgan fingerprint density at radius 3 is 1.68 bits per heavy atom. The number of allylic oxidation sites excluding steroid dienone is 4. The zero-order valence-electron chi connectivity index (χ0n) is 13.7. The second-order valence-electron chi connectivity index (χ2n) is 7.09. The van der Waals surface area contributed by atoms with E-state index in [-0.39, 0.29) is 0 Å².